The topological polar surface area (TPSA) is 90.6 Å². The number of nitriles is 1. The lowest BCUT2D eigenvalue weighted by Crippen LogP contribution is -2.35. The molecule has 1 N–H and O–H groups in total. The zero-order chi connectivity index (χ0) is 18.2. The van der Waals surface area contributed by atoms with Crippen LogP contribution in [0.1, 0.15) is 22.3 Å². The van der Waals surface area contributed by atoms with Crippen molar-refractivity contribution >= 4 is 17.6 Å². The third-order valence-corrected chi connectivity index (χ3v) is 3.52. The normalized spacial score (nSPS) is 9.92. The minimum absolute atomic E-state index is 0.00156. The maximum absolute atomic E-state index is 12.4. The fourth-order valence-electron chi connectivity index (χ4n) is 2.26. The van der Waals surface area contributed by atoms with Crippen LogP contribution in [0.5, 0.6) is 5.75 Å². The summed E-state index contributed by atoms with van der Waals surface area (Å²) in [5, 5.41) is 18.6. The van der Waals surface area contributed by atoms with E-state index in [4.69, 9.17) is 10.00 Å². The molecule has 0 radical (unpaired) electrons. The lowest BCUT2D eigenvalue weighted by molar-refractivity contribution is -0.121. The van der Waals surface area contributed by atoms with Gasteiger partial charge in [0.2, 0.25) is 0 Å². The van der Waals surface area contributed by atoms with Gasteiger partial charge >= 0.3 is 5.97 Å². The van der Waals surface area contributed by atoms with E-state index >= 15 is 0 Å². The summed E-state index contributed by atoms with van der Waals surface area (Å²) in [6, 6.07) is 15.4. The van der Waals surface area contributed by atoms with Gasteiger partial charge in [0.25, 0.3) is 5.91 Å². The number of carbonyl (C=O) groups excluding carboxylic acids is 2. The van der Waals surface area contributed by atoms with Crippen molar-refractivity contribution in [3.63, 3.8) is 0 Å². The van der Waals surface area contributed by atoms with E-state index in [-0.39, 0.29) is 24.3 Å². The second-order valence-electron chi connectivity index (χ2n) is 5.39. The average molecular weight is 338 g/mol. The molecule has 6 nitrogen and oxygen atoms in total. The monoisotopic (exact) mass is 338 g/mol. The molecule has 6 heteroatoms. The van der Waals surface area contributed by atoms with Crippen LogP contribution in [-0.2, 0) is 9.53 Å². The molecule has 2 rings (SSSR count). The lowest BCUT2D eigenvalue weighted by Gasteiger charge is -2.21. The van der Waals surface area contributed by atoms with Crippen molar-refractivity contribution in [3.8, 4) is 11.8 Å². The van der Waals surface area contributed by atoms with Gasteiger partial charge in [-0.25, -0.2) is 4.79 Å². The van der Waals surface area contributed by atoms with Crippen molar-refractivity contribution in [2.24, 2.45) is 0 Å². The van der Waals surface area contributed by atoms with Gasteiger partial charge in [-0.15, -0.1) is 0 Å². The third-order valence-electron chi connectivity index (χ3n) is 3.52. The van der Waals surface area contributed by atoms with E-state index < -0.39 is 18.5 Å². The number of hydrogen-bond acceptors (Lipinski definition) is 5. The maximum atomic E-state index is 12.4. The standard InChI is InChI=1S/C19H18N2O4/c1-14-8-9-16(17(22)12-14)19(24)25-13-18(23)21(11-5-10-20)15-6-3-2-4-7-15/h2-4,6-9,12,22H,5,11,13H2,1H3. The number of anilines is 1. The number of ether oxygens (including phenoxy) is 1. The molecule has 0 unspecified atom stereocenters. The molecule has 128 valence electrons. The van der Waals surface area contributed by atoms with Crippen molar-refractivity contribution in [2.45, 2.75) is 13.3 Å². The van der Waals surface area contributed by atoms with Crippen molar-refractivity contribution in [1.82, 2.24) is 0 Å². The highest BCUT2D eigenvalue weighted by atomic mass is 16.5. The molecule has 0 aliphatic rings. The number of aromatic hydroxyl groups is 1. The molecule has 1 amide bonds. The molecule has 0 saturated heterocycles. The second kappa shape index (κ2) is 8.50. The first-order valence-corrected chi connectivity index (χ1v) is 7.72. The van der Waals surface area contributed by atoms with Crippen molar-refractivity contribution in [2.75, 3.05) is 18.1 Å². The Bertz CT molecular complexity index is 797. The summed E-state index contributed by atoms with van der Waals surface area (Å²) >= 11 is 0. The molecule has 0 bridgehead atoms. The Morgan fingerprint density at radius 2 is 1.92 bits per heavy atom. The zero-order valence-corrected chi connectivity index (χ0v) is 13.8. The predicted molar refractivity (Wildman–Crippen MR) is 92.2 cm³/mol. The van der Waals surface area contributed by atoms with Crippen LogP contribution in [0.15, 0.2) is 48.5 Å². The van der Waals surface area contributed by atoms with Crippen molar-refractivity contribution in [3.05, 3.63) is 59.7 Å². The first kappa shape index (κ1) is 18.0. The number of phenolic OH excluding ortho intramolecular Hbond substituents is 1. The number of rotatable bonds is 6. The van der Waals surface area contributed by atoms with E-state index in [1.165, 1.54) is 17.0 Å². The number of aryl methyl sites for hydroxylation is 1. The number of amides is 1. The molecule has 0 atom stereocenters. The summed E-state index contributed by atoms with van der Waals surface area (Å²) < 4.78 is 5.02. The highest BCUT2D eigenvalue weighted by Gasteiger charge is 2.19. The van der Waals surface area contributed by atoms with Crippen LogP contribution in [-0.4, -0.2) is 30.1 Å². The molecule has 0 spiro atoms. The molecule has 0 aliphatic carbocycles. The minimum atomic E-state index is -0.779. The third kappa shape index (κ3) is 4.82. The predicted octanol–water partition coefficient (Wildman–Crippen LogP) is 2.80. The van der Waals surface area contributed by atoms with Gasteiger partial charge < -0.3 is 14.7 Å². The van der Waals surface area contributed by atoms with Crippen LogP contribution < -0.4 is 4.90 Å². The second-order valence-corrected chi connectivity index (χ2v) is 5.39. The SMILES string of the molecule is Cc1ccc(C(=O)OCC(=O)N(CCC#N)c2ccccc2)c(O)c1. The molecule has 0 heterocycles. The van der Waals surface area contributed by atoms with Crippen molar-refractivity contribution in [1.29, 1.82) is 5.26 Å². The number of benzene rings is 2. The zero-order valence-electron chi connectivity index (χ0n) is 13.8. The van der Waals surface area contributed by atoms with Crippen LogP contribution in [0, 0.1) is 18.3 Å². The van der Waals surface area contributed by atoms with Crippen LogP contribution in [0.3, 0.4) is 0 Å². The van der Waals surface area contributed by atoms with Gasteiger partial charge in [0.15, 0.2) is 6.61 Å². The summed E-state index contributed by atoms with van der Waals surface area (Å²) in [6.07, 6.45) is 0.160. The smallest absolute Gasteiger partial charge is 0.342 e. The minimum Gasteiger partial charge on any atom is -0.507 e. The highest BCUT2D eigenvalue weighted by Crippen LogP contribution is 2.20. The van der Waals surface area contributed by atoms with Gasteiger partial charge in [-0.05, 0) is 36.8 Å². The summed E-state index contributed by atoms with van der Waals surface area (Å²) in [7, 11) is 0. The molecule has 2 aromatic carbocycles. The highest BCUT2D eigenvalue weighted by molar-refractivity contribution is 5.98. The molecular formula is C19H18N2O4. The Morgan fingerprint density at radius 1 is 1.20 bits per heavy atom. The summed E-state index contributed by atoms with van der Waals surface area (Å²) in [5.74, 6) is -1.41. The Balaban J connectivity index is 2.05. The van der Waals surface area contributed by atoms with Crippen LogP contribution in [0.25, 0.3) is 0 Å². The van der Waals surface area contributed by atoms with E-state index in [0.29, 0.717) is 5.69 Å². The Labute approximate surface area is 145 Å². The fourth-order valence-corrected chi connectivity index (χ4v) is 2.26. The first-order chi connectivity index (χ1) is 12.0. The molecular weight excluding hydrogens is 320 g/mol. The van der Waals surface area contributed by atoms with Crippen LogP contribution >= 0.6 is 0 Å². The maximum Gasteiger partial charge on any atom is 0.342 e. The van der Waals surface area contributed by atoms with E-state index in [1.807, 2.05) is 12.1 Å². The Kier molecular flexibility index (Phi) is 6.13. The molecule has 0 saturated carbocycles. The van der Waals surface area contributed by atoms with Gasteiger partial charge in [0.05, 0.1) is 12.5 Å². The number of esters is 1. The van der Waals surface area contributed by atoms with E-state index in [0.717, 1.165) is 5.56 Å². The van der Waals surface area contributed by atoms with E-state index in [2.05, 4.69) is 0 Å². The molecule has 25 heavy (non-hydrogen) atoms. The van der Waals surface area contributed by atoms with Crippen LogP contribution in [0.4, 0.5) is 5.69 Å². The van der Waals surface area contributed by atoms with E-state index in [1.54, 1.807) is 37.3 Å². The summed E-state index contributed by atoms with van der Waals surface area (Å²) in [6.45, 7) is 1.50. The van der Waals surface area contributed by atoms with Gasteiger partial charge in [-0.3, -0.25) is 4.79 Å². The molecule has 0 aliphatic heterocycles. The number of hydrogen-bond donors (Lipinski definition) is 1. The van der Waals surface area contributed by atoms with Gasteiger partial charge in [0, 0.05) is 12.2 Å². The number of nitrogens with zero attached hydrogens (tertiary/aromatic N) is 2. The lowest BCUT2D eigenvalue weighted by atomic mass is 10.1. The largest absolute Gasteiger partial charge is 0.507 e. The molecule has 0 aromatic heterocycles. The number of phenols is 1. The van der Waals surface area contributed by atoms with Gasteiger partial charge in [0.1, 0.15) is 11.3 Å². The first-order valence-electron chi connectivity index (χ1n) is 7.72. The quantitative estimate of drug-likeness (QED) is 0.818. The number of carbonyl (C=O) groups is 2. The van der Waals surface area contributed by atoms with Crippen molar-refractivity contribution < 1.29 is 19.4 Å². The molecule has 2 aromatic rings. The van der Waals surface area contributed by atoms with Gasteiger partial charge in [-0.2, -0.15) is 5.26 Å². The molecule has 0 fully saturated rings. The number of para-hydroxylation sites is 1. The summed E-state index contributed by atoms with van der Waals surface area (Å²) in [5.41, 5.74) is 1.43. The average Bonchev–Trinajstić information content (AvgIpc) is 2.61. The Morgan fingerprint density at radius 3 is 2.56 bits per heavy atom. The fraction of sp³-hybridized carbons (Fsp3) is 0.211. The van der Waals surface area contributed by atoms with E-state index in [9.17, 15) is 14.7 Å². The Hall–Kier alpha value is -3.33. The van der Waals surface area contributed by atoms with Gasteiger partial charge in [-0.1, -0.05) is 24.3 Å². The van der Waals surface area contributed by atoms with Crippen LogP contribution in [0.2, 0.25) is 0 Å². The summed E-state index contributed by atoms with van der Waals surface area (Å²) in [4.78, 5) is 25.8.